The highest BCUT2D eigenvalue weighted by atomic mass is 16.3. The van der Waals surface area contributed by atoms with Crippen LogP contribution in [0, 0.1) is 0 Å². The van der Waals surface area contributed by atoms with Gasteiger partial charge in [-0.2, -0.15) is 0 Å². The third-order valence-electron chi connectivity index (χ3n) is 10.2. The quantitative estimate of drug-likeness (QED) is 0.173. The predicted molar refractivity (Wildman–Crippen MR) is 218 cm³/mol. The van der Waals surface area contributed by atoms with Crippen LogP contribution in [0.25, 0.3) is 94.1 Å². The lowest BCUT2D eigenvalue weighted by Crippen LogP contribution is -1.96. The maximum absolute atomic E-state index is 5.99. The Morgan fingerprint density at radius 2 is 0.769 bits per heavy atom. The van der Waals surface area contributed by atoms with E-state index in [1.54, 1.807) is 6.26 Å². The molecule has 10 aromatic rings. The Kier molecular flexibility index (Phi) is 7.18. The topological polar surface area (TPSA) is 18.1 Å². The van der Waals surface area contributed by atoms with E-state index in [0.717, 1.165) is 27.7 Å². The van der Waals surface area contributed by atoms with E-state index in [1.165, 1.54) is 66.4 Å². The summed E-state index contributed by atoms with van der Waals surface area (Å²) in [6.45, 7) is 0. The fourth-order valence-electron chi connectivity index (χ4n) is 7.73. The standard InChI is InChI=1S/C50H33NO/c1-5-13-34(14-6-1)39-27-40(35-15-7-2-8-16-35)29-41(28-39)38-21-23-48-47(33-38)45-22-24-49-46(25-26-52-49)50(45)51(48)44-31-42(36-17-9-3-10-18-36)30-43(32-44)37-19-11-4-12-20-37/h1-33H. The van der Waals surface area contributed by atoms with Gasteiger partial charge in [-0.25, -0.2) is 0 Å². The number of rotatable bonds is 6. The average molecular weight is 664 g/mol. The second kappa shape index (κ2) is 12.5. The van der Waals surface area contributed by atoms with Crippen LogP contribution < -0.4 is 0 Å². The maximum atomic E-state index is 5.99. The molecule has 244 valence electrons. The van der Waals surface area contributed by atoms with Gasteiger partial charge in [0.05, 0.1) is 17.3 Å². The molecule has 10 rings (SSSR count). The van der Waals surface area contributed by atoms with Gasteiger partial charge in [0.15, 0.2) is 0 Å². The number of furan rings is 1. The summed E-state index contributed by atoms with van der Waals surface area (Å²) in [4.78, 5) is 0. The molecule has 0 aliphatic carbocycles. The monoisotopic (exact) mass is 663 g/mol. The summed E-state index contributed by atoms with van der Waals surface area (Å²) in [6.07, 6.45) is 1.80. The summed E-state index contributed by atoms with van der Waals surface area (Å²) in [7, 11) is 0. The van der Waals surface area contributed by atoms with Crippen LogP contribution in [-0.4, -0.2) is 4.57 Å². The predicted octanol–water partition coefficient (Wildman–Crippen LogP) is 13.9. The molecule has 0 bridgehead atoms. The zero-order valence-electron chi connectivity index (χ0n) is 28.4. The van der Waals surface area contributed by atoms with E-state index in [2.05, 4.69) is 199 Å². The van der Waals surface area contributed by atoms with Crippen molar-refractivity contribution in [2.24, 2.45) is 0 Å². The minimum absolute atomic E-state index is 0.877. The van der Waals surface area contributed by atoms with Crippen LogP contribution in [0.4, 0.5) is 0 Å². The molecule has 0 saturated heterocycles. The first-order valence-electron chi connectivity index (χ1n) is 17.7. The normalized spacial score (nSPS) is 11.5. The molecule has 0 N–H and O–H groups in total. The molecule has 2 heteroatoms. The molecule has 52 heavy (non-hydrogen) atoms. The zero-order chi connectivity index (χ0) is 34.4. The summed E-state index contributed by atoms with van der Waals surface area (Å²) in [5.74, 6) is 0. The second-order valence-corrected chi connectivity index (χ2v) is 13.4. The molecule has 0 unspecified atom stereocenters. The van der Waals surface area contributed by atoms with Gasteiger partial charge in [-0.1, -0.05) is 127 Å². The van der Waals surface area contributed by atoms with Crippen molar-refractivity contribution in [2.75, 3.05) is 0 Å². The van der Waals surface area contributed by atoms with Gasteiger partial charge in [-0.15, -0.1) is 0 Å². The minimum atomic E-state index is 0.877. The van der Waals surface area contributed by atoms with E-state index in [1.807, 2.05) is 0 Å². The largest absolute Gasteiger partial charge is 0.464 e. The van der Waals surface area contributed by atoms with E-state index in [0.29, 0.717) is 0 Å². The van der Waals surface area contributed by atoms with E-state index in [4.69, 9.17) is 4.42 Å². The van der Waals surface area contributed by atoms with Gasteiger partial charge in [0.2, 0.25) is 0 Å². The lowest BCUT2D eigenvalue weighted by molar-refractivity contribution is 0.616. The number of fused-ring (bicyclic) bond motifs is 5. The molecule has 0 amide bonds. The Labute approximate surface area is 302 Å². The minimum Gasteiger partial charge on any atom is -0.464 e. The van der Waals surface area contributed by atoms with E-state index in [9.17, 15) is 0 Å². The van der Waals surface area contributed by atoms with Crippen molar-refractivity contribution >= 4 is 32.8 Å². The summed E-state index contributed by atoms with van der Waals surface area (Å²) in [6, 6.07) is 69.9. The molecule has 8 aromatic carbocycles. The van der Waals surface area contributed by atoms with Crippen molar-refractivity contribution in [1.82, 2.24) is 4.57 Å². The summed E-state index contributed by atoms with van der Waals surface area (Å²) in [5.41, 5.74) is 16.2. The summed E-state index contributed by atoms with van der Waals surface area (Å²) < 4.78 is 8.42. The van der Waals surface area contributed by atoms with Crippen molar-refractivity contribution in [3.05, 3.63) is 200 Å². The number of hydrogen-bond acceptors (Lipinski definition) is 1. The molecular formula is C50H33NO. The highest BCUT2D eigenvalue weighted by Crippen LogP contribution is 2.41. The fraction of sp³-hybridized carbons (Fsp3) is 0. The van der Waals surface area contributed by atoms with Crippen molar-refractivity contribution in [3.8, 4) is 61.3 Å². The number of hydrogen-bond donors (Lipinski definition) is 0. The lowest BCUT2D eigenvalue weighted by Gasteiger charge is -2.15. The number of aromatic nitrogens is 1. The number of benzene rings is 8. The van der Waals surface area contributed by atoms with Gasteiger partial charge < -0.3 is 8.98 Å². The van der Waals surface area contributed by atoms with Gasteiger partial charge in [0.25, 0.3) is 0 Å². The molecule has 0 fully saturated rings. The van der Waals surface area contributed by atoms with Gasteiger partial charge >= 0.3 is 0 Å². The van der Waals surface area contributed by atoms with Crippen molar-refractivity contribution < 1.29 is 4.42 Å². The second-order valence-electron chi connectivity index (χ2n) is 13.4. The third-order valence-corrected chi connectivity index (χ3v) is 10.2. The Bertz CT molecular complexity index is 2750. The van der Waals surface area contributed by atoms with E-state index < -0.39 is 0 Å². The van der Waals surface area contributed by atoms with Crippen LogP contribution in [0.2, 0.25) is 0 Å². The molecule has 2 nitrogen and oxygen atoms in total. The summed E-state index contributed by atoms with van der Waals surface area (Å²) in [5, 5.41) is 3.49. The Morgan fingerprint density at radius 3 is 1.27 bits per heavy atom. The summed E-state index contributed by atoms with van der Waals surface area (Å²) >= 11 is 0. The molecule has 0 radical (unpaired) electrons. The van der Waals surface area contributed by atoms with E-state index >= 15 is 0 Å². The first kappa shape index (κ1) is 30.0. The van der Waals surface area contributed by atoms with Gasteiger partial charge in [0.1, 0.15) is 5.58 Å². The van der Waals surface area contributed by atoms with Crippen molar-refractivity contribution in [1.29, 1.82) is 0 Å². The molecular weight excluding hydrogens is 631 g/mol. The Morgan fingerprint density at radius 1 is 0.308 bits per heavy atom. The first-order valence-corrected chi connectivity index (χ1v) is 17.7. The molecule has 0 saturated carbocycles. The smallest absolute Gasteiger partial charge is 0.136 e. The molecule has 0 spiro atoms. The molecule has 2 aromatic heterocycles. The highest BCUT2D eigenvalue weighted by molar-refractivity contribution is 6.18. The maximum Gasteiger partial charge on any atom is 0.136 e. The lowest BCUT2D eigenvalue weighted by atomic mass is 9.93. The molecule has 0 aliphatic heterocycles. The van der Waals surface area contributed by atoms with Crippen LogP contribution in [-0.2, 0) is 0 Å². The molecule has 0 aliphatic rings. The fourth-order valence-corrected chi connectivity index (χ4v) is 7.73. The van der Waals surface area contributed by atoms with Gasteiger partial charge in [-0.3, -0.25) is 0 Å². The third kappa shape index (κ3) is 5.21. The molecule has 2 heterocycles. The van der Waals surface area contributed by atoms with Crippen LogP contribution >= 0.6 is 0 Å². The molecule has 0 atom stereocenters. The zero-order valence-corrected chi connectivity index (χ0v) is 28.4. The average Bonchev–Trinajstić information content (AvgIpc) is 3.84. The van der Waals surface area contributed by atoms with Crippen molar-refractivity contribution in [3.63, 3.8) is 0 Å². The Balaban J connectivity index is 1.23. The van der Waals surface area contributed by atoms with Crippen molar-refractivity contribution in [2.45, 2.75) is 0 Å². The van der Waals surface area contributed by atoms with E-state index in [-0.39, 0.29) is 0 Å². The Hall–Kier alpha value is -6.90. The first-order chi connectivity index (χ1) is 25.8. The van der Waals surface area contributed by atoms with Gasteiger partial charge in [0, 0.05) is 21.8 Å². The SMILES string of the molecule is c1ccc(-c2cc(-c3ccccc3)cc(-c3ccc4c(c3)c3ccc5occc5c3n4-c3cc(-c4ccccc4)cc(-c4ccccc4)c3)c2)cc1. The van der Waals surface area contributed by atoms with Crippen LogP contribution in [0.3, 0.4) is 0 Å². The van der Waals surface area contributed by atoms with Crippen LogP contribution in [0.5, 0.6) is 0 Å². The van der Waals surface area contributed by atoms with Crippen LogP contribution in [0.15, 0.2) is 205 Å². The number of nitrogens with zero attached hydrogens (tertiary/aromatic N) is 1. The highest BCUT2D eigenvalue weighted by Gasteiger charge is 2.19. The van der Waals surface area contributed by atoms with Gasteiger partial charge in [-0.05, 0) is 122 Å². The van der Waals surface area contributed by atoms with Crippen LogP contribution in [0.1, 0.15) is 0 Å².